The maximum Gasteiger partial charge on any atom is 0.0992 e. The van der Waals surface area contributed by atoms with Gasteiger partial charge in [-0.2, -0.15) is 5.26 Å². The summed E-state index contributed by atoms with van der Waals surface area (Å²) in [5.74, 6) is 0. The van der Waals surface area contributed by atoms with Gasteiger partial charge in [0, 0.05) is 22.2 Å². The van der Waals surface area contributed by atoms with Gasteiger partial charge in [0.15, 0.2) is 0 Å². The van der Waals surface area contributed by atoms with Gasteiger partial charge in [-0.1, -0.05) is 22.0 Å². The van der Waals surface area contributed by atoms with Crippen molar-refractivity contribution in [2.45, 2.75) is 26.3 Å². The van der Waals surface area contributed by atoms with Crippen LogP contribution in [-0.2, 0) is 0 Å². The first-order valence-electron chi connectivity index (χ1n) is 5.47. The first kappa shape index (κ1) is 13.8. The highest BCUT2D eigenvalue weighted by Gasteiger charge is 2.21. The molecule has 0 heterocycles. The number of hydrogen-bond donors (Lipinski definition) is 0. The Hall–Kier alpha value is -1.27. The number of rotatable bonds is 3. The van der Waals surface area contributed by atoms with Crippen LogP contribution in [0.25, 0.3) is 0 Å². The molecule has 0 saturated heterocycles. The first-order chi connectivity index (χ1) is 7.88. The maximum atomic E-state index is 8.99. The van der Waals surface area contributed by atoms with Crippen molar-refractivity contribution in [2.24, 2.45) is 0 Å². The van der Waals surface area contributed by atoms with Gasteiger partial charge in [-0.05, 0) is 39.0 Å². The second kappa shape index (κ2) is 5.37. The Morgan fingerprint density at radius 2 is 2.06 bits per heavy atom. The Kier molecular flexibility index (Phi) is 4.36. The van der Waals surface area contributed by atoms with E-state index in [1.165, 1.54) is 0 Å². The van der Waals surface area contributed by atoms with Crippen molar-refractivity contribution in [3.05, 3.63) is 40.9 Å². The van der Waals surface area contributed by atoms with E-state index < -0.39 is 0 Å². The highest BCUT2D eigenvalue weighted by atomic mass is 79.9. The molecule has 90 valence electrons. The van der Waals surface area contributed by atoms with Crippen molar-refractivity contribution >= 4 is 21.6 Å². The first-order valence-corrected chi connectivity index (χ1v) is 6.27. The molecule has 0 N–H and O–H groups in total. The van der Waals surface area contributed by atoms with Gasteiger partial charge in [0.1, 0.15) is 0 Å². The average Bonchev–Trinajstić information content (AvgIpc) is 2.23. The fourth-order valence-electron chi connectivity index (χ4n) is 1.69. The Labute approximate surface area is 112 Å². The third-order valence-electron chi connectivity index (χ3n) is 2.44. The lowest BCUT2D eigenvalue weighted by Crippen LogP contribution is -2.41. The highest BCUT2D eigenvalue weighted by Crippen LogP contribution is 2.28. The number of benzene rings is 1. The van der Waals surface area contributed by atoms with E-state index in [1.54, 1.807) is 0 Å². The number of hydrogen-bond acceptors (Lipinski definition) is 2. The molecular formula is C14H17BrN2. The minimum Gasteiger partial charge on any atom is -0.363 e. The molecule has 0 aliphatic rings. The molecule has 0 radical (unpaired) electrons. The quantitative estimate of drug-likeness (QED) is 0.784. The second-order valence-corrected chi connectivity index (χ2v) is 5.80. The molecule has 0 saturated carbocycles. The van der Waals surface area contributed by atoms with E-state index in [0.717, 1.165) is 16.7 Å². The van der Waals surface area contributed by atoms with Crippen molar-refractivity contribution in [3.63, 3.8) is 0 Å². The van der Waals surface area contributed by atoms with Crippen LogP contribution in [0.1, 0.15) is 26.3 Å². The molecule has 1 aromatic carbocycles. The van der Waals surface area contributed by atoms with Gasteiger partial charge in [0.2, 0.25) is 0 Å². The van der Waals surface area contributed by atoms with Crippen molar-refractivity contribution in [1.82, 2.24) is 0 Å². The number of nitrogens with zero attached hydrogens (tertiary/aromatic N) is 2. The van der Waals surface area contributed by atoms with E-state index in [0.29, 0.717) is 5.56 Å². The predicted octanol–water partition coefficient (Wildman–Crippen LogP) is 4.11. The minimum absolute atomic E-state index is 0.0122. The SMILES string of the molecule is C=CCN(c1cc(Br)cc(C#N)c1)C(C)(C)C. The van der Waals surface area contributed by atoms with Crippen LogP contribution in [0.5, 0.6) is 0 Å². The molecule has 1 rings (SSSR count). The van der Waals surface area contributed by atoms with Gasteiger partial charge in [0.05, 0.1) is 11.6 Å². The van der Waals surface area contributed by atoms with Gasteiger partial charge in [0.25, 0.3) is 0 Å². The zero-order chi connectivity index (χ0) is 13.1. The fourth-order valence-corrected chi connectivity index (χ4v) is 2.17. The number of halogens is 1. The molecule has 0 atom stereocenters. The molecular weight excluding hydrogens is 276 g/mol. The summed E-state index contributed by atoms with van der Waals surface area (Å²) in [5, 5.41) is 8.99. The van der Waals surface area contributed by atoms with Crippen LogP contribution in [0.3, 0.4) is 0 Å². The Bertz CT molecular complexity index is 452. The van der Waals surface area contributed by atoms with E-state index in [-0.39, 0.29) is 5.54 Å². The summed E-state index contributed by atoms with van der Waals surface area (Å²) in [5.41, 5.74) is 1.68. The molecule has 17 heavy (non-hydrogen) atoms. The molecule has 0 bridgehead atoms. The summed E-state index contributed by atoms with van der Waals surface area (Å²) < 4.78 is 0.921. The van der Waals surface area contributed by atoms with Crippen LogP contribution in [0.2, 0.25) is 0 Å². The number of anilines is 1. The smallest absolute Gasteiger partial charge is 0.0992 e. The zero-order valence-electron chi connectivity index (χ0n) is 10.5. The molecule has 1 aromatic rings. The van der Waals surface area contributed by atoms with Crippen LogP contribution < -0.4 is 4.90 Å². The summed E-state index contributed by atoms with van der Waals surface area (Å²) in [6.45, 7) is 11.0. The molecule has 0 aromatic heterocycles. The molecule has 2 nitrogen and oxygen atoms in total. The van der Waals surface area contributed by atoms with Gasteiger partial charge in [-0.25, -0.2) is 0 Å². The molecule has 0 fully saturated rings. The standard InChI is InChI=1S/C14H17BrN2/c1-5-6-17(14(2,3)4)13-8-11(10-16)7-12(15)9-13/h5,7-9H,1,6H2,2-4H3. The maximum absolute atomic E-state index is 8.99. The normalized spacial score (nSPS) is 10.8. The number of nitriles is 1. The van der Waals surface area contributed by atoms with Crippen molar-refractivity contribution in [2.75, 3.05) is 11.4 Å². The highest BCUT2D eigenvalue weighted by molar-refractivity contribution is 9.10. The summed E-state index contributed by atoms with van der Waals surface area (Å²) in [4.78, 5) is 2.21. The lowest BCUT2D eigenvalue weighted by Gasteiger charge is -2.37. The van der Waals surface area contributed by atoms with E-state index in [1.807, 2.05) is 24.3 Å². The third kappa shape index (κ3) is 3.61. The molecule has 3 heteroatoms. The van der Waals surface area contributed by atoms with E-state index >= 15 is 0 Å². The van der Waals surface area contributed by atoms with Crippen LogP contribution >= 0.6 is 15.9 Å². The van der Waals surface area contributed by atoms with E-state index in [9.17, 15) is 0 Å². The van der Waals surface area contributed by atoms with Crippen LogP contribution in [0, 0.1) is 11.3 Å². The van der Waals surface area contributed by atoms with Gasteiger partial charge in [-0.3, -0.25) is 0 Å². The second-order valence-electron chi connectivity index (χ2n) is 4.88. The summed E-state index contributed by atoms with van der Waals surface area (Å²) in [6, 6.07) is 7.92. The third-order valence-corrected chi connectivity index (χ3v) is 2.90. The zero-order valence-corrected chi connectivity index (χ0v) is 12.1. The molecule has 0 unspecified atom stereocenters. The molecule has 0 aliphatic carbocycles. The van der Waals surface area contributed by atoms with Crippen LogP contribution in [-0.4, -0.2) is 12.1 Å². The minimum atomic E-state index is -0.0122. The lowest BCUT2D eigenvalue weighted by atomic mass is 10.0. The Morgan fingerprint density at radius 1 is 1.41 bits per heavy atom. The predicted molar refractivity (Wildman–Crippen MR) is 76.2 cm³/mol. The van der Waals surface area contributed by atoms with Gasteiger partial charge in [-0.15, -0.1) is 6.58 Å². The largest absolute Gasteiger partial charge is 0.363 e. The monoisotopic (exact) mass is 292 g/mol. The summed E-state index contributed by atoms with van der Waals surface area (Å²) in [7, 11) is 0. The molecule has 0 amide bonds. The molecule has 0 spiro atoms. The van der Waals surface area contributed by atoms with E-state index in [4.69, 9.17) is 5.26 Å². The van der Waals surface area contributed by atoms with E-state index in [2.05, 4.69) is 54.2 Å². The van der Waals surface area contributed by atoms with Crippen molar-refractivity contribution < 1.29 is 0 Å². The topological polar surface area (TPSA) is 27.0 Å². The lowest BCUT2D eigenvalue weighted by molar-refractivity contribution is 0.522. The van der Waals surface area contributed by atoms with Gasteiger partial charge < -0.3 is 4.90 Å². The summed E-state index contributed by atoms with van der Waals surface area (Å²) in [6.07, 6.45) is 1.87. The fraction of sp³-hybridized carbons (Fsp3) is 0.357. The molecule has 0 aliphatic heterocycles. The van der Waals surface area contributed by atoms with Crippen molar-refractivity contribution in [3.8, 4) is 6.07 Å². The average molecular weight is 293 g/mol. The Morgan fingerprint density at radius 3 is 2.53 bits per heavy atom. The van der Waals surface area contributed by atoms with Crippen molar-refractivity contribution in [1.29, 1.82) is 5.26 Å². The van der Waals surface area contributed by atoms with Gasteiger partial charge >= 0.3 is 0 Å². The van der Waals surface area contributed by atoms with Crippen LogP contribution in [0.4, 0.5) is 5.69 Å². The van der Waals surface area contributed by atoms with Crippen LogP contribution in [0.15, 0.2) is 35.3 Å². The summed E-state index contributed by atoms with van der Waals surface area (Å²) >= 11 is 3.44. The Balaban J connectivity index is 3.24.